The summed E-state index contributed by atoms with van der Waals surface area (Å²) in [5, 5.41) is 3.47. The van der Waals surface area contributed by atoms with E-state index in [0.29, 0.717) is 31.3 Å². The molecule has 3 aromatic carbocycles. The third-order valence-corrected chi connectivity index (χ3v) is 5.22. The van der Waals surface area contributed by atoms with E-state index in [0.717, 1.165) is 22.1 Å². The van der Waals surface area contributed by atoms with Gasteiger partial charge in [0.05, 0.1) is 6.61 Å². The standard InChI is InChI=1S/C24H25BrFNO2/c1-3-28-23-12-20(15-27-14-18-6-4-17(2)5-7-18)22(25)13-24(23)29-16-19-8-10-21(26)11-9-19/h4-13,27H,3,14-16H2,1-2H3. The highest BCUT2D eigenvalue weighted by Crippen LogP contribution is 2.34. The zero-order chi connectivity index (χ0) is 20.6. The van der Waals surface area contributed by atoms with Crippen molar-refractivity contribution >= 4 is 15.9 Å². The van der Waals surface area contributed by atoms with Crippen LogP contribution in [0.25, 0.3) is 0 Å². The molecule has 5 heteroatoms. The summed E-state index contributed by atoms with van der Waals surface area (Å²) in [5.74, 6) is 1.10. The molecule has 3 aromatic rings. The van der Waals surface area contributed by atoms with Crippen LogP contribution >= 0.6 is 15.9 Å². The summed E-state index contributed by atoms with van der Waals surface area (Å²) in [4.78, 5) is 0. The molecule has 0 saturated carbocycles. The van der Waals surface area contributed by atoms with Gasteiger partial charge in [0.15, 0.2) is 11.5 Å². The van der Waals surface area contributed by atoms with Gasteiger partial charge in [-0.2, -0.15) is 0 Å². The van der Waals surface area contributed by atoms with Gasteiger partial charge < -0.3 is 14.8 Å². The number of rotatable bonds is 9. The van der Waals surface area contributed by atoms with Crippen LogP contribution in [-0.4, -0.2) is 6.61 Å². The molecule has 29 heavy (non-hydrogen) atoms. The van der Waals surface area contributed by atoms with E-state index in [2.05, 4.69) is 52.4 Å². The molecular weight excluding hydrogens is 433 g/mol. The van der Waals surface area contributed by atoms with Crippen LogP contribution in [-0.2, 0) is 19.7 Å². The van der Waals surface area contributed by atoms with Gasteiger partial charge in [-0.1, -0.05) is 57.9 Å². The number of nitrogens with one attached hydrogen (secondary N) is 1. The highest BCUT2D eigenvalue weighted by molar-refractivity contribution is 9.10. The third kappa shape index (κ3) is 6.31. The van der Waals surface area contributed by atoms with Crippen molar-refractivity contribution < 1.29 is 13.9 Å². The first-order valence-electron chi connectivity index (χ1n) is 9.64. The molecule has 0 fully saturated rings. The first kappa shape index (κ1) is 21.3. The summed E-state index contributed by atoms with van der Waals surface area (Å²) in [5.41, 5.74) is 4.49. The number of hydrogen-bond acceptors (Lipinski definition) is 3. The summed E-state index contributed by atoms with van der Waals surface area (Å²) >= 11 is 3.64. The Labute approximate surface area is 180 Å². The zero-order valence-electron chi connectivity index (χ0n) is 16.7. The number of halogens is 2. The number of benzene rings is 3. The van der Waals surface area contributed by atoms with Gasteiger partial charge in [-0.3, -0.25) is 0 Å². The van der Waals surface area contributed by atoms with E-state index in [1.165, 1.54) is 23.3 Å². The van der Waals surface area contributed by atoms with Gasteiger partial charge in [0.25, 0.3) is 0 Å². The van der Waals surface area contributed by atoms with Crippen LogP contribution in [0.4, 0.5) is 4.39 Å². The lowest BCUT2D eigenvalue weighted by Gasteiger charge is -2.15. The van der Waals surface area contributed by atoms with Gasteiger partial charge in [0.1, 0.15) is 12.4 Å². The van der Waals surface area contributed by atoms with Crippen LogP contribution in [0.1, 0.15) is 29.2 Å². The Hall–Kier alpha value is -2.37. The third-order valence-electron chi connectivity index (χ3n) is 4.49. The van der Waals surface area contributed by atoms with E-state index in [1.54, 1.807) is 12.1 Å². The minimum Gasteiger partial charge on any atom is -0.490 e. The Balaban J connectivity index is 1.66. The maximum absolute atomic E-state index is 13.1. The summed E-state index contributed by atoms with van der Waals surface area (Å²) in [7, 11) is 0. The maximum Gasteiger partial charge on any atom is 0.162 e. The molecule has 0 unspecified atom stereocenters. The molecule has 0 aliphatic rings. The summed E-state index contributed by atoms with van der Waals surface area (Å²) in [6.45, 7) is 6.42. The van der Waals surface area contributed by atoms with Gasteiger partial charge in [0, 0.05) is 17.6 Å². The molecule has 0 atom stereocenters. The van der Waals surface area contributed by atoms with Crippen molar-refractivity contribution in [1.82, 2.24) is 5.32 Å². The fourth-order valence-corrected chi connectivity index (χ4v) is 3.35. The molecular formula is C24H25BrFNO2. The highest BCUT2D eigenvalue weighted by atomic mass is 79.9. The minimum absolute atomic E-state index is 0.256. The first-order valence-corrected chi connectivity index (χ1v) is 10.4. The fraction of sp³-hybridized carbons (Fsp3) is 0.250. The van der Waals surface area contributed by atoms with Crippen molar-refractivity contribution in [2.75, 3.05) is 6.61 Å². The van der Waals surface area contributed by atoms with Crippen molar-refractivity contribution in [3.8, 4) is 11.5 Å². The van der Waals surface area contributed by atoms with Gasteiger partial charge in [-0.15, -0.1) is 0 Å². The second-order valence-corrected chi connectivity index (χ2v) is 7.68. The second kappa shape index (κ2) is 10.4. The van der Waals surface area contributed by atoms with Crippen LogP contribution in [0.15, 0.2) is 65.1 Å². The van der Waals surface area contributed by atoms with E-state index in [9.17, 15) is 4.39 Å². The van der Waals surface area contributed by atoms with Crippen LogP contribution in [0.5, 0.6) is 11.5 Å². The van der Waals surface area contributed by atoms with Crippen molar-refractivity contribution in [1.29, 1.82) is 0 Å². The normalized spacial score (nSPS) is 10.8. The van der Waals surface area contributed by atoms with Crippen LogP contribution in [0, 0.1) is 12.7 Å². The molecule has 0 aromatic heterocycles. The van der Waals surface area contributed by atoms with Gasteiger partial charge in [0.2, 0.25) is 0 Å². The smallest absolute Gasteiger partial charge is 0.162 e. The van der Waals surface area contributed by atoms with Crippen LogP contribution in [0.3, 0.4) is 0 Å². The molecule has 0 amide bonds. The van der Waals surface area contributed by atoms with E-state index in [1.807, 2.05) is 19.1 Å². The predicted octanol–water partition coefficient (Wildman–Crippen LogP) is 6.16. The molecule has 152 valence electrons. The van der Waals surface area contributed by atoms with E-state index in [4.69, 9.17) is 9.47 Å². The molecule has 3 rings (SSSR count). The Morgan fingerprint density at radius 1 is 0.862 bits per heavy atom. The lowest BCUT2D eigenvalue weighted by atomic mass is 10.1. The number of ether oxygens (including phenoxy) is 2. The molecule has 1 N–H and O–H groups in total. The number of hydrogen-bond donors (Lipinski definition) is 1. The molecule has 0 aliphatic heterocycles. The molecule has 0 heterocycles. The Morgan fingerprint density at radius 3 is 2.21 bits per heavy atom. The zero-order valence-corrected chi connectivity index (χ0v) is 18.3. The molecule has 3 nitrogen and oxygen atoms in total. The van der Waals surface area contributed by atoms with Crippen molar-refractivity contribution in [3.05, 3.63) is 93.2 Å². The largest absolute Gasteiger partial charge is 0.490 e. The van der Waals surface area contributed by atoms with E-state index >= 15 is 0 Å². The lowest BCUT2D eigenvalue weighted by Crippen LogP contribution is -2.13. The van der Waals surface area contributed by atoms with Crippen molar-refractivity contribution in [2.45, 2.75) is 33.5 Å². The van der Waals surface area contributed by atoms with Gasteiger partial charge >= 0.3 is 0 Å². The van der Waals surface area contributed by atoms with Crippen LogP contribution < -0.4 is 14.8 Å². The van der Waals surface area contributed by atoms with Crippen molar-refractivity contribution in [2.24, 2.45) is 0 Å². The van der Waals surface area contributed by atoms with Gasteiger partial charge in [-0.25, -0.2) is 4.39 Å². The second-order valence-electron chi connectivity index (χ2n) is 6.83. The SMILES string of the molecule is CCOc1cc(CNCc2ccc(C)cc2)c(Br)cc1OCc1ccc(F)cc1. The van der Waals surface area contributed by atoms with Crippen LogP contribution in [0.2, 0.25) is 0 Å². The Bertz CT molecular complexity index is 927. The average molecular weight is 458 g/mol. The molecule has 0 radical (unpaired) electrons. The Morgan fingerprint density at radius 2 is 1.52 bits per heavy atom. The minimum atomic E-state index is -0.256. The maximum atomic E-state index is 13.1. The van der Waals surface area contributed by atoms with E-state index in [-0.39, 0.29) is 5.82 Å². The fourth-order valence-electron chi connectivity index (χ4n) is 2.88. The van der Waals surface area contributed by atoms with E-state index < -0.39 is 0 Å². The Kier molecular flexibility index (Phi) is 7.67. The molecule has 0 bridgehead atoms. The predicted molar refractivity (Wildman–Crippen MR) is 118 cm³/mol. The molecule has 0 saturated heterocycles. The highest BCUT2D eigenvalue weighted by Gasteiger charge is 2.11. The molecule has 0 spiro atoms. The average Bonchev–Trinajstić information content (AvgIpc) is 2.72. The summed E-state index contributed by atoms with van der Waals surface area (Å²) in [6.07, 6.45) is 0. The summed E-state index contributed by atoms with van der Waals surface area (Å²) in [6, 6.07) is 18.7. The lowest BCUT2D eigenvalue weighted by molar-refractivity contribution is 0.268. The monoisotopic (exact) mass is 457 g/mol. The topological polar surface area (TPSA) is 30.5 Å². The van der Waals surface area contributed by atoms with Gasteiger partial charge in [-0.05, 0) is 54.8 Å². The summed E-state index contributed by atoms with van der Waals surface area (Å²) < 4.78 is 25.7. The first-order chi connectivity index (χ1) is 14.0. The molecule has 0 aliphatic carbocycles. The number of aryl methyl sites for hydroxylation is 1. The quantitative estimate of drug-likeness (QED) is 0.417. The van der Waals surface area contributed by atoms with Crippen molar-refractivity contribution in [3.63, 3.8) is 0 Å².